The Balaban J connectivity index is 1.23. The van der Waals surface area contributed by atoms with Crippen LogP contribution >= 0.6 is 11.3 Å². The average Bonchev–Trinajstić information content (AvgIpc) is 3.31. The fourth-order valence-electron chi connectivity index (χ4n) is 3.89. The normalized spacial score (nSPS) is 14.1. The van der Waals surface area contributed by atoms with Crippen molar-refractivity contribution in [2.45, 2.75) is 32.8 Å². The first-order valence-corrected chi connectivity index (χ1v) is 11.4. The van der Waals surface area contributed by atoms with Gasteiger partial charge in [0.2, 0.25) is 0 Å². The monoisotopic (exact) mass is 444 g/mol. The number of carbonyl (C=O) groups is 1. The smallest absolute Gasteiger partial charge is 0.262 e. The summed E-state index contributed by atoms with van der Waals surface area (Å²) in [5, 5.41) is 3.85. The summed E-state index contributed by atoms with van der Waals surface area (Å²) in [6.45, 7) is 6.09. The summed E-state index contributed by atoms with van der Waals surface area (Å²) in [4.78, 5) is 17.1. The summed E-state index contributed by atoms with van der Waals surface area (Å²) in [6, 6.07) is 19.8. The van der Waals surface area contributed by atoms with E-state index in [1.165, 1.54) is 10.3 Å². The number of para-hydroxylation sites is 1. The molecule has 1 amide bonds. The van der Waals surface area contributed by atoms with Gasteiger partial charge in [0.15, 0.2) is 18.1 Å². The number of aromatic nitrogens is 1. The minimum Gasteiger partial charge on any atom is -0.483 e. The van der Waals surface area contributed by atoms with Crippen molar-refractivity contribution in [1.29, 1.82) is 0 Å². The van der Waals surface area contributed by atoms with E-state index < -0.39 is 0 Å². The van der Waals surface area contributed by atoms with Crippen LogP contribution in [0.15, 0.2) is 60.7 Å². The minimum absolute atomic E-state index is 0.0841. The number of hydrogen-bond acceptors (Lipinski definition) is 5. The highest BCUT2D eigenvalue weighted by molar-refractivity contribution is 7.21. The van der Waals surface area contributed by atoms with Gasteiger partial charge in [-0.05, 0) is 68.8 Å². The molecule has 1 aromatic heterocycles. The van der Waals surface area contributed by atoms with Gasteiger partial charge in [-0.1, -0.05) is 18.2 Å². The van der Waals surface area contributed by atoms with Crippen LogP contribution in [0.3, 0.4) is 0 Å². The van der Waals surface area contributed by atoms with E-state index in [9.17, 15) is 4.79 Å². The molecule has 0 saturated heterocycles. The van der Waals surface area contributed by atoms with Gasteiger partial charge in [-0.25, -0.2) is 4.98 Å². The molecule has 0 radical (unpaired) electrons. The summed E-state index contributed by atoms with van der Waals surface area (Å²) in [5.74, 6) is 1.12. The van der Waals surface area contributed by atoms with Crippen molar-refractivity contribution in [1.82, 2.24) is 4.98 Å². The first kappa shape index (κ1) is 20.5. The zero-order valence-corrected chi connectivity index (χ0v) is 19.1. The average molecular weight is 445 g/mol. The number of thiazole rings is 1. The number of benzene rings is 3. The van der Waals surface area contributed by atoms with Gasteiger partial charge in [0.25, 0.3) is 5.91 Å². The van der Waals surface area contributed by atoms with Crippen molar-refractivity contribution < 1.29 is 14.3 Å². The van der Waals surface area contributed by atoms with Crippen LogP contribution in [-0.2, 0) is 11.2 Å². The van der Waals surface area contributed by atoms with E-state index >= 15 is 0 Å². The lowest BCUT2D eigenvalue weighted by Gasteiger charge is -2.18. The third-order valence-electron chi connectivity index (χ3n) is 5.37. The quantitative estimate of drug-likeness (QED) is 0.410. The Morgan fingerprint density at radius 3 is 2.78 bits per heavy atom. The summed E-state index contributed by atoms with van der Waals surface area (Å²) in [6.07, 6.45) is 0.826. The van der Waals surface area contributed by atoms with Gasteiger partial charge in [0, 0.05) is 23.2 Å². The molecule has 4 aromatic rings. The molecule has 1 aliphatic heterocycles. The Morgan fingerprint density at radius 2 is 1.97 bits per heavy atom. The van der Waals surface area contributed by atoms with E-state index in [1.54, 1.807) is 11.3 Å². The predicted molar refractivity (Wildman–Crippen MR) is 129 cm³/mol. The number of nitrogens with one attached hydrogen (secondary N) is 1. The van der Waals surface area contributed by atoms with Crippen LogP contribution in [0.5, 0.6) is 11.5 Å². The molecule has 0 atom stereocenters. The number of aryl methyl sites for hydroxylation is 1. The zero-order valence-electron chi connectivity index (χ0n) is 18.3. The number of fused-ring (bicyclic) bond motifs is 2. The maximum atomic E-state index is 12.4. The van der Waals surface area contributed by atoms with E-state index in [2.05, 4.69) is 24.4 Å². The van der Waals surface area contributed by atoms with Gasteiger partial charge >= 0.3 is 0 Å². The molecular weight excluding hydrogens is 420 g/mol. The van der Waals surface area contributed by atoms with Crippen LogP contribution in [0.2, 0.25) is 0 Å². The van der Waals surface area contributed by atoms with E-state index in [1.807, 2.05) is 62.4 Å². The molecule has 6 heteroatoms. The van der Waals surface area contributed by atoms with E-state index in [0.29, 0.717) is 5.75 Å². The number of carbonyl (C=O) groups excluding carboxylic acids is 1. The fourth-order valence-corrected chi connectivity index (χ4v) is 4.96. The molecule has 162 valence electrons. The maximum Gasteiger partial charge on any atom is 0.262 e. The lowest BCUT2D eigenvalue weighted by molar-refractivity contribution is -0.118. The van der Waals surface area contributed by atoms with Crippen LogP contribution in [0.1, 0.15) is 25.0 Å². The third-order valence-corrected chi connectivity index (χ3v) is 6.44. The number of amides is 1. The Hall–Kier alpha value is -3.38. The number of anilines is 1. The largest absolute Gasteiger partial charge is 0.483 e. The summed E-state index contributed by atoms with van der Waals surface area (Å²) in [5.41, 5.74) is 4.82. The molecule has 1 N–H and O–H groups in total. The first-order valence-electron chi connectivity index (χ1n) is 10.6. The molecule has 0 fully saturated rings. The standard InChI is InChI=1S/C26H24N2O3S/c1-16-7-12-20-22(13-16)32-25(28-20)17-8-10-19(11-9-17)27-23(29)15-30-21-6-4-5-18-14-26(2,3)31-24(18)21/h4-13H,14-15H2,1-3H3,(H,27,29). The van der Waals surface area contributed by atoms with Gasteiger partial charge in [-0.2, -0.15) is 0 Å². The Labute approximate surface area is 191 Å². The number of rotatable bonds is 5. The molecule has 0 unspecified atom stereocenters. The highest BCUT2D eigenvalue weighted by Gasteiger charge is 2.32. The molecular formula is C26H24N2O3S. The van der Waals surface area contributed by atoms with Gasteiger partial charge in [0.05, 0.1) is 10.2 Å². The molecule has 0 saturated carbocycles. The molecule has 5 rings (SSSR count). The number of nitrogens with zero attached hydrogens (tertiary/aromatic N) is 1. The fraction of sp³-hybridized carbons (Fsp3) is 0.231. The van der Waals surface area contributed by atoms with Crippen LogP contribution in [0.4, 0.5) is 5.69 Å². The number of ether oxygens (including phenoxy) is 2. The van der Waals surface area contributed by atoms with Crippen molar-refractivity contribution >= 4 is 33.1 Å². The highest BCUT2D eigenvalue weighted by Crippen LogP contribution is 2.41. The van der Waals surface area contributed by atoms with Gasteiger partial charge < -0.3 is 14.8 Å². The van der Waals surface area contributed by atoms with Gasteiger partial charge in [0.1, 0.15) is 10.6 Å². The van der Waals surface area contributed by atoms with Gasteiger partial charge in [-0.3, -0.25) is 4.79 Å². The van der Waals surface area contributed by atoms with Crippen LogP contribution in [-0.4, -0.2) is 23.1 Å². The van der Waals surface area contributed by atoms with Crippen LogP contribution in [0, 0.1) is 6.92 Å². The second kappa shape index (κ2) is 7.95. The molecule has 0 spiro atoms. The summed E-state index contributed by atoms with van der Waals surface area (Å²) < 4.78 is 12.9. The number of hydrogen-bond donors (Lipinski definition) is 1. The van der Waals surface area contributed by atoms with Gasteiger partial charge in [-0.15, -0.1) is 11.3 Å². The molecule has 1 aliphatic rings. The topological polar surface area (TPSA) is 60.5 Å². The summed E-state index contributed by atoms with van der Waals surface area (Å²) in [7, 11) is 0. The molecule has 0 aliphatic carbocycles. The molecule has 5 nitrogen and oxygen atoms in total. The van der Waals surface area contributed by atoms with Crippen LogP contribution < -0.4 is 14.8 Å². The SMILES string of the molecule is Cc1ccc2nc(-c3ccc(NC(=O)COc4cccc5c4OC(C)(C)C5)cc3)sc2c1. The zero-order chi connectivity index (χ0) is 22.3. The van der Waals surface area contributed by atoms with E-state index in [4.69, 9.17) is 14.5 Å². The van der Waals surface area contributed by atoms with Crippen LogP contribution in [0.25, 0.3) is 20.8 Å². The summed E-state index contributed by atoms with van der Waals surface area (Å²) >= 11 is 1.67. The maximum absolute atomic E-state index is 12.4. The minimum atomic E-state index is -0.256. The lowest BCUT2D eigenvalue weighted by atomic mass is 10.0. The van der Waals surface area contributed by atoms with Crippen molar-refractivity contribution in [3.05, 3.63) is 71.8 Å². The highest BCUT2D eigenvalue weighted by atomic mass is 32.1. The molecule has 32 heavy (non-hydrogen) atoms. The third kappa shape index (κ3) is 4.18. The molecule has 0 bridgehead atoms. The Kier molecular flexibility index (Phi) is 5.10. The van der Waals surface area contributed by atoms with E-state index in [-0.39, 0.29) is 18.1 Å². The van der Waals surface area contributed by atoms with Crippen molar-refractivity contribution in [3.63, 3.8) is 0 Å². The first-order chi connectivity index (χ1) is 15.4. The molecule has 2 heterocycles. The van der Waals surface area contributed by atoms with Crippen molar-refractivity contribution in [3.8, 4) is 22.1 Å². The second-order valence-electron chi connectivity index (χ2n) is 8.69. The predicted octanol–water partition coefficient (Wildman–Crippen LogP) is 6.00. The van der Waals surface area contributed by atoms with Crippen molar-refractivity contribution in [2.75, 3.05) is 11.9 Å². The Morgan fingerprint density at radius 1 is 1.16 bits per heavy atom. The van der Waals surface area contributed by atoms with Crippen molar-refractivity contribution in [2.24, 2.45) is 0 Å². The Bertz CT molecular complexity index is 1310. The lowest BCUT2D eigenvalue weighted by Crippen LogP contribution is -2.25. The second-order valence-corrected chi connectivity index (χ2v) is 9.72. The van der Waals surface area contributed by atoms with E-state index in [0.717, 1.165) is 39.5 Å². The molecule has 3 aromatic carbocycles.